The Balaban J connectivity index is 0.00000200. The molecule has 0 bridgehead atoms. The molecule has 2 fully saturated rings. The van der Waals surface area contributed by atoms with Gasteiger partial charge in [0.15, 0.2) is 0 Å². The lowest BCUT2D eigenvalue weighted by Crippen LogP contribution is -2.38. The number of rotatable bonds is 5. The number of likely N-dealkylation sites (tertiary alicyclic amines) is 1. The number of hydrogen-bond acceptors (Lipinski definition) is 3. The van der Waals surface area contributed by atoms with Crippen molar-refractivity contribution in [2.24, 2.45) is 23.5 Å². The zero-order valence-electron chi connectivity index (χ0n) is 12.7. The molecule has 1 saturated heterocycles. The molecule has 0 spiro atoms. The Morgan fingerprint density at radius 1 is 1.35 bits per heavy atom. The SMILES string of the molecule is CC(C)COC1CCN(C(=O)[C@@H]2CCC[C@@H]2CN)C1.Cl. The van der Waals surface area contributed by atoms with E-state index in [2.05, 4.69) is 13.8 Å². The van der Waals surface area contributed by atoms with Gasteiger partial charge >= 0.3 is 0 Å². The van der Waals surface area contributed by atoms with Crippen molar-refractivity contribution in [2.45, 2.75) is 45.6 Å². The van der Waals surface area contributed by atoms with Gasteiger partial charge in [-0.25, -0.2) is 0 Å². The van der Waals surface area contributed by atoms with Crippen LogP contribution in [0.15, 0.2) is 0 Å². The summed E-state index contributed by atoms with van der Waals surface area (Å²) in [6.07, 6.45) is 4.52. The molecule has 0 radical (unpaired) electrons. The molecule has 2 rings (SSSR count). The van der Waals surface area contributed by atoms with E-state index in [1.54, 1.807) is 0 Å². The van der Waals surface area contributed by atoms with Gasteiger partial charge in [-0.2, -0.15) is 0 Å². The van der Waals surface area contributed by atoms with Crippen LogP contribution < -0.4 is 5.73 Å². The minimum atomic E-state index is 0. The standard InChI is InChI=1S/C15H28N2O2.ClH/c1-11(2)10-19-13-6-7-17(9-13)15(18)14-5-3-4-12(14)8-16;/h11-14H,3-10,16H2,1-2H3;1H/t12-,13?,14-;/m1./s1. The Labute approximate surface area is 128 Å². The highest BCUT2D eigenvalue weighted by atomic mass is 35.5. The maximum atomic E-state index is 12.5. The van der Waals surface area contributed by atoms with Gasteiger partial charge in [-0.1, -0.05) is 20.3 Å². The van der Waals surface area contributed by atoms with Crippen molar-refractivity contribution < 1.29 is 9.53 Å². The predicted molar refractivity (Wildman–Crippen MR) is 82.9 cm³/mol. The Morgan fingerprint density at radius 3 is 2.75 bits per heavy atom. The fourth-order valence-corrected chi connectivity index (χ4v) is 3.27. The van der Waals surface area contributed by atoms with Crippen LogP contribution >= 0.6 is 12.4 Å². The van der Waals surface area contributed by atoms with Gasteiger partial charge in [0.1, 0.15) is 0 Å². The monoisotopic (exact) mass is 304 g/mol. The van der Waals surface area contributed by atoms with E-state index >= 15 is 0 Å². The first-order valence-corrected chi connectivity index (χ1v) is 7.72. The van der Waals surface area contributed by atoms with Gasteiger partial charge in [-0.15, -0.1) is 12.4 Å². The second-order valence-corrected chi connectivity index (χ2v) is 6.46. The summed E-state index contributed by atoms with van der Waals surface area (Å²) in [4.78, 5) is 14.5. The quantitative estimate of drug-likeness (QED) is 0.846. The number of carbonyl (C=O) groups excluding carboxylic acids is 1. The van der Waals surface area contributed by atoms with Gasteiger partial charge in [0.2, 0.25) is 5.91 Å². The van der Waals surface area contributed by atoms with Crippen molar-refractivity contribution in [3.8, 4) is 0 Å². The van der Waals surface area contributed by atoms with Crippen LogP contribution in [-0.4, -0.2) is 43.2 Å². The topological polar surface area (TPSA) is 55.6 Å². The minimum absolute atomic E-state index is 0. The summed E-state index contributed by atoms with van der Waals surface area (Å²) < 4.78 is 5.84. The molecule has 1 aliphatic carbocycles. The van der Waals surface area contributed by atoms with E-state index in [9.17, 15) is 4.79 Å². The van der Waals surface area contributed by atoms with Crippen LogP contribution in [0.5, 0.6) is 0 Å². The smallest absolute Gasteiger partial charge is 0.226 e. The molecular formula is C15H29ClN2O2. The molecule has 4 nitrogen and oxygen atoms in total. The third-order valence-corrected chi connectivity index (χ3v) is 4.40. The van der Waals surface area contributed by atoms with Gasteiger partial charge in [-0.05, 0) is 37.6 Å². The van der Waals surface area contributed by atoms with Crippen LogP contribution in [0, 0.1) is 17.8 Å². The van der Waals surface area contributed by atoms with Gasteiger partial charge in [-0.3, -0.25) is 4.79 Å². The second kappa shape index (κ2) is 8.20. The lowest BCUT2D eigenvalue weighted by molar-refractivity contribution is -0.136. The molecule has 1 heterocycles. The molecule has 0 aromatic carbocycles. The van der Waals surface area contributed by atoms with E-state index in [-0.39, 0.29) is 24.4 Å². The molecule has 3 atom stereocenters. The summed E-state index contributed by atoms with van der Waals surface area (Å²) in [6, 6.07) is 0. The van der Waals surface area contributed by atoms with Crippen molar-refractivity contribution in [3.05, 3.63) is 0 Å². The van der Waals surface area contributed by atoms with E-state index in [0.29, 0.717) is 24.3 Å². The van der Waals surface area contributed by atoms with Gasteiger partial charge < -0.3 is 15.4 Å². The van der Waals surface area contributed by atoms with Gasteiger partial charge in [0.25, 0.3) is 0 Å². The molecule has 2 N–H and O–H groups in total. The van der Waals surface area contributed by atoms with Crippen molar-refractivity contribution in [1.82, 2.24) is 4.90 Å². The van der Waals surface area contributed by atoms with E-state index in [1.165, 1.54) is 0 Å². The maximum absolute atomic E-state index is 12.5. The molecule has 1 saturated carbocycles. The van der Waals surface area contributed by atoms with E-state index in [1.807, 2.05) is 4.90 Å². The maximum Gasteiger partial charge on any atom is 0.226 e. The van der Waals surface area contributed by atoms with Crippen LogP contribution in [0.4, 0.5) is 0 Å². The van der Waals surface area contributed by atoms with Crippen molar-refractivity contribution in [3.63, 3.8) is 0 Å². The second-order valence-electron chi connectivity index (χ2n) is 6.46. The number of nitrogens with zero attached hydrogens (tertiary/aromatic N) is 1. The van der Waals surface area contributed by atoms with Crippen LogP contribution in [0.2, 0.25) is 0 Å². The Bertz CT molecular complexity index is 312. The van der Waals surface area contributed by atoms with Crippen LogP contribution in [0.3, 0.4) is 0 Å². The lowest BCUT2D eigenvalue weighted by atomic mass is 9.95. The number of amides is 1. The Kier molecular flexibility index (Phi) is 7.27. The number of carbonyl (C=O) groups is 1. The Hall–Kier alpha value is -0.320. The molecular weight excluding hydrogens is 276 g/mol. The van der Waals surface area contributed by atoms with Crippen LogP contribution in [0.1, 0.15) is 39.5 Å². The highest BCUT2D eigenvalue weighted by Gasteiger charge is 2.37. The van der Waals surface area contributed by atoms with E-state index < -0.39 is 0 Å². The normalized spacial score (nSPS) is 29.8. The number of nitrogens with two attached hydrogens (primary N) is 1. The first kappa shape index (κ1) is 17.7. The molecule has 20 heavy (non-hydrogen) atoms. The molecule has 2 aliphatic rings. The van der Waals surface area contributed by atoms with E-state index in [4.69, 9.17) is 10.5 Å². The van der Waals surface area contributed by atoms with Crippen LogP contribution in [0.25, 0.3) is 0 Å². The lowest BCUT2D eigenvalue weighted by Gasteiger charge is -2.24. The predicted octanol–water partition coefficient (Wildman–Crippen LogP) is 2.06. The number of ether oxygens (including phenoxy) is 1. The fourth-order valence-electron chi connectivity index (χ4n) is 3.27. The molecule has 0 aromatic rings. The molecule has 0 aromatic heterocycles. The molecule has 118 valence electrons. The summed E-state index contributed by atoms with van der Waals surface area (Å²) in [7, 11) is 0. The molecule has 1 unspecified atom stereocenters. The Morgan fingerprint density at radius 2 is 2.10 bits per heavy atom. The summed E-state index contributed by atoms with van der Waals surface area (Å²) in [5, 5.41) is 0. The number of halogens is 1. The molecule has 1 aliphatic heterocycles. The van der Waals surface area contributed by atoms with Crippen molar-refractivity contribution in [1.29, 1.82) is 0 Å². The highest BCUT2D eigenvalue weighted by Crippen LogP contribution is 2.33. The summed E-state index contributed by atoms with van der Waals surface area (Å²) >= 11 is 0. The highest BCUT2D eigenvalue weighted by molar-refractivity contribution is 5.85. The summed E-state index contributed by atoms with van der Waals surface area (Å²) in [6.45, 7) is 7.39. The van der Waals surface area contributed by atoms with Gasteiger partial charge in [0, 0.05) is 25.6 Å². The molecule has 1 amide bonds. The average Bonchev–Trinajstić information content (AvgIpc) is 3.04. The third kappa shape index (κ3) is 4.34. The third-order valence-electron chi connectivity index (χ3n) is 4.40. The summed E-state index contributed by atoms with van der Waals surface area (Å²) in [5.41, 5.74) is 5.77. The van der Waals surface area contributed by atoms with Crippen LogP contribution in [-0.2, 0) is 9.53 Å². The summed E-state index contributed by atoms with van der Waals surface area (Å²) in [5.74, 6) is 1.46. The molecule has 5 heteroatoms. The zero-order chi connectivity index (χ0) is 13.8. The van der Waals surface area contributed by atoms with Gasteiger partial charge in [0.05, 0.1) is 6.10 Å². The average molecular weight is 305 g/mol. The van der Waals surface area contributed by atoms with Crippen molar-refractivity contribution in [2.75, 3.05) is 26.2 Å². The first-order valence-electron chi connectivity index (χ1n) is 7.72. The minimum Gasteiger partial charge on any atom is -0.376 e. The largest absolute Gasteiger partial charge is 0.376 e. The zero-order valence-corrected chi connectivity index (χ0v) is 13.5. The van der Waals surface area contributed by atoms with E-state index in [0.717, 1.165) is 45.4 Å². The number of hydrogen-bond donors (Lipinski definition) is 1. The first-order chi connectivity index (χ1) is 9.11. The van der Waals surface area contributed by atoms with Crippen molar-refractivity contribution >= 4 is 18.3 Å². The fraction of sp³-hybridized carbons (Fsp3) is 0.933.